The van der Waals surface area contributed by atoms with Crippen LogP contribution in [-0.4, -0.2) is 28.9 Å². The van der Waals surface area contributed by atoms with Crippen molar-refractivity contribution in [2.75, 3.05) is 13.1 Å². The fourth-order valence-electron chi connectivity index (χ4n) is 3.39. The minimum absolute atomic E-state index is 0.0490. The Kier molecular flexibility index (Phi) is 2.92. The first kappa shape index (κ1) is 13.1. The van der Waals surface area contributed by atoms with Crippen LogP contribution in [0.15, 0.2) is 4.42 Å². The first-order valence-corrected chi connectivity index (χ1v) is 8.35. The number of aryl methyl sites for hydroxylation is 3. The topological polar surface area (TPSA) is 46.3 Å². The standard InChI is InChI=1S/C16H18N2O2S/c1-9-13-11(5-6-12-14(13)17-10(2)21-12)20-15(9)16(19)18-7-3-4-8-18/h3-8H2,1-2H3. The van der Waals surface area contributed by atoms with E-state index < -0.39 is 0 Å². The summed E-state index contributed by atoms with van der Waals surface area (Å²) < 4.78 is 5.95. The number of hydrogen-bond donors (Lipinski definition) is 0. The Labute approximate surface area is 127 Å². The number of aromatic nitrogens is 1. The molecule has 1 fully saturated rings. The molecule has 21 heavy (non-hydrogen) atoms. The molecule has 4 rings (SSSR count). The van der Waals surface area contributed by atoms with Gasteiger partial charge in [-0.15, -0.1) is 11.3 Å². The van der Waals surface area contributed by atoms with Crippen LogP contribution in [-0.2, 0) is 12.8 Å². The average molecular weight is 302 g/mol. The lowest BCUT2D eigenvalue weighted by Gasteiger charge is -2.13. The van der Waals surface area contributed by atoms with Crippen LogP contribution in [0.2, 0.25) is 0 Å². The fraction of sp³-hybridized carbons (Fsp3) is 0.500. The Morgan fingerprint density at radius 2 is 2.00 bits per heavy atom. The molecule has 0 atom stereocenters. The number of rotatable bonds is 1. The number of fused-ring (bicyclic) bond motifs is 3. The summed E-state index contributed by atoms with van der Waals surface area (Å²) in [4.78, 5) is 20.5. The summed E-state index contributed by atoms with van der Waals surface area (Å²) in [5.74, 6) is 1.51. The Hall–Kier alpha value is -1.62. The second kappa shape index (κ2) is 4.70. The minimum atomic E-state index is 0.0490. The first-order chi connectivity index (χ1) is 10.1. The lowest BCUT2D eigenvalue weighted by molar-refractivity contribution is 0.0758. The zero-order valence-corrected chi connectivity index (χ0v) is 13.2. The Bertz CT molecular complexity index is 723. The molecule has 0 aromatic carbocycles. The van der Waals surface area contributed by atoms with Crippen molar-refractivity contribution in [3.05, 3.63) is 27.0 Å². The van der Waals surface area contributed by atoms with Gasteiger partial charge in [-0.3, -0.25) is 4.79 Å². The number of furan rings is 1. The van der Waals surface area contributed by atoms with Crippen molar-refractivity contribution >= 4 is 17.2 Å². The SMILES string of the molecule is Cc1nc2c(s1)CCc1oc(C(=O)N3CCCC3)c(C)c1-2. The molecule has 110 valence electrons. The summed E-state index contributed by atoms with van der Waals surface area (Å²) in [5.41, 5.74) is 3.08. The van der Waals surface area contributed by atoms with Crippen molar-refractivity contribution < 1.29 is 9.21 Å². The molecule has 3 heterocycles. The number of carbonyl (C=O) groups excluding carboxylic acids is 1. The Morgan fingerprint density at radius 1 is 1.24 bits per heavy atom. The molecule has 2 aromatic rings. The third kappa shape index (κ3) is 1.94. The van der Waals surface area contributed by atoms with E-state index in [0.29, 0.717) is 5.76 Å². The van der Waals surface area contributed by atoms with Gasteiger partial charge in [-0.25, -0.2) is 4.98 Å². The highest BCUT2D eigenvalue weighted by molar-refractivity contribution is 7.12. The smallest absolute Gasteiger partial charge is 0.289 e. The molecule has 0 saturated carbocycles. The van der Waals surface area contributed by atoms with Crippen LogP contribution in [0.5, 0.6) is 0 Å². The van der Waals surface area contributed by atoms with Crippen LogP contribution in [0.3, 0.4) is 0 Å². The molecule has 0 bridgehead atoms. The molecule has 1 aliphatic heterocycles. The van der Waals surface area contributed by atoms with Gasteiger partial charge in [0.25, 0.3) is 5.91 Å². The molecule has 2 aromatic heterocycles. The highest BCUT2D eigenvalue weighted by Crippen LogP contribution is 2.41. The van der Waals surface area contributed by atoms with Crippen LogP contribution in [0, 0.1) is 13.8 Å². The van der Waals surface area contributed by atoms with E-state index in [0.717, 1.165) is 66.4 Å². The minimum Gasteiger partial charge on any atom is -0.455 e. The zero-order chi connectivity index (χ0) is 14.6. The van der Waals surface area contributed by atoms with E-state index >= 15 is 0 Å². The van der Waals surface area contributed by atoms with Crippen molar-refractivity contribution in [2.24, 2.45) is 0 Å². The molecule has 4 nitrogen and oxygen atoms in total. The molecule has 0 N–H and O–H groups in total. The largest absolute Gasteiger partial charge is 0.455 e. The second-order valence-electron chi connectivity index (χ2n) is 5.86. The molecule has 1 amide bonds. The van der Waals surface area contributed by atoms with Gasteiger partial charge >= 0.3 is 0 Å². The van der Waals surface area contributed by atoms with Gasteiger partial charge in [-0.1, -0.05) is 0 Å². The molecule has 5 heteroatoms. The van der Waals surface area contributed by atoms with Crippen molar-refractivity contribution in [1.29, 1.82) is 0 Å². The molecule has 1 saturated heterocycles. The second-order valence-corrected chi connectivity index (χ2v) is 7.15. The van der Waals surface area contributed by atoms with Gasteiger partial charge in [0.2, 0.25) is 0 Å². The molecular weight excluding hydrogens is 284 g/mol. The van der Waals surface area contributed by atoms with E-state index in [2.05, 4.69) is 4.98 Å². The molecule has 0 unspecified atom stereocenters. The summed E-state index contributed by atoms with van der Waals surface area (Å²) >= 11 is 1.76. The van der Waals surface area contributed by atoms with Crippen molar-refractivity contribution in [1.82, 2.24) is 9.88 Å². The van der Waals surface area contributed by atoms with Gasteiger partial charge in [-0.05, 0) is 33.1 Å². The third-order valence-electron chi connectivity index (χ3n) is 4.43. The van der Waals surface area contributed by atoms with E-state index in [9.17, 15) is 4.79 Å². The van der Waals surface area contributed by atoms with Crippen LogP contribution < -0.4 is 0 Å². The lowest BCUT2D eigenvalue weighted by Crippen LogP contribution is -2.27. The Morgan fingerprint density at radius 3 is 2.76 bits per heavy atom. The average Bonchev–Trinajstić information content (AvgIpc) is 3.15. The molecule has 0 radical (unpaired) electrons. The lowest BCUT2D eigenvalue weighted by atomic mass is 9.97. The number of thiazole rings is 1. The van der Waals surface area contributed by atoms with Crippen molar-refractivity contribution in [3.8, 4) is 11.3 Å². The monoisotopic (exact) mass is 302 g/mol. The summed E-state index contributed by atoms with van der Waals surface area (Å²) in [5, 5.41) is 1.08. The summed E-state index contributed by atoms with van der Waals surface area (Å²) in [6.07, 6.45) is 4.04. The summed E-state index contributed by atoms with van der Waals surface area (Å²) in [7, 11) is 0. The zero-order valence-electron chi connectivity index (χ0n) is 12.4. The number of hydrogen-bond acceptors (Lipinski definition) is 4. The van der Waals surface area contributed by atoms with Crippen LogP contribution >= 0.6 is 11.3 Å². The van der Waals surface area contributed by atoms with E-state index in [4.69, 9.17) is 4.42 Å². The predicted molar refractivity (Wildman–Crippen MR) is 81.8 cm³/mol. The quantitative estimate of drug-likeness (QED) is 0.811. The molecule has 2 aliphatic rings. The normalized spacial score (nSPS) is 17.0. The van der Waals surface area contributed by atoms with E-state index in [1.54, 1.807) is 11.3 Å². The predicted octanol–water partition coefficient (Wildman–Crippen LogP) is 3.35. The Balaban J connectivity index is 1.80. The van der Waals surface area contributed by atoms with E-state index in [-0.39, 0.29) is 5.91 Å². The van der Waals surface area contributed by atoms with Crippen LogP contribution in [0.4, 0.5) is 0 Å². The molecule has 0 spiro atoms. The number of likely N-dealkylation sites (tertiary alicyclic amines) is 1. The van der Waals surface area contributed by atoms with E-state index in [1.807, 2.05) is 18.7 Å². The number of nitrogens with zero attached hydrogens (tertiary/aromatic N) is 2. The summed E-state index contributed by atoms with van der Waals surface area (Å²) in [6, 6.07) is 0. The maximum atomic E-state index is 12.6. The van der Waals surface area contributed by atoms with E-state index in [1.165, 1.54) is 4.88 Å². The first-order valence-electron chi connectivity index (χ1n) is 7.53. The fourth-order valence-corrected chi connectivity index (χ4v) is 4.33. The third-order valence-corrected chi connectivity index (χ3v) is 5.46. The van der Waals surface area contributed by atoms with Gasteiger partial charge in [0, 0.05) is 35.5 Å². The number of carbonyl (C=O) groups is 1. The number of amides is 1. The molecule has 1 aliphatic carbocycles. The highest BCUT2D eigenvalue weighted by Gasteiger charge is 2.32. The van der Waals surface area contributed by atoms with Crippen LogP contribution in [0.1, 0.15) is 44.6 Å². The van der Waals surface area contributed by atoms with Gasteiger partial charge in [0.1, 0.15) is 5.76 Å². The van der Waals surface area contributed by atoms with Gasteiger partial charge in [0.15, 0.2) is 5.76 Å². The maximum Gasteiger partial charge on any atom is 0.289 e. The van der Waals surface area contributed by atoms with Crippen LogP contribution in [0.25, 0.3) is 11.3 Å². The van der Waals surface area contributed by atoms with Gasteiger partial charge < -0.3 is 9.32 Å². The van der Waals surface area contributed by atoms with Gasteiger partial charge in [-0.2, -0.15) is 0 Å². The molecular formula is C16H18N2O2S. The highest BCUT2D eigenvalue weighted by atomic mass is 32.1. The van der Waals surface area contributed by atoms with Crippen molar-refractivity contribution in [2.45, 2.75) is 39.5 Å². The van der Waals surface area contributed by atoms with Gasteiger partial charge in [0.05, 0.1) is 10.7 Å². The summed E-state index contributed by atoms with van der Waals surface area (Å²) in [6.45, 7) is 5.74. The van der Waals surface area contributed by atoms with Crippen molar-refractivity contribution in [3.63, 3.8) is 0 Å². The maximum absolute atomic E-state index is 12.6.